The standard InChI is InChI=1S/C15H13N3O3S2/c1-20-9-5-6-10(11(8-9)21-2)16-15(19)14-13(17-18-23-14)12-4-3-7-22-12/h3-8H,1-2H3,(H,16,19). The van der Waals surface area contributed by atoms with Crippen molar-refractivity contribution in [3.8, 4) is 22.1 Å². The maximum atomic E-state index is 12.6. The van der Waals surface area contributed by atoms with E-state index in [9.17, 15) is 4.79 Å². The highest BCUT2D eigenvalue weighted by Crippen LogP contribution is 2.32. The number of aromatic nitrogens is 2. The lowest BCUT2D eigenvalue weighted by atomic mass is 10.2. The predicted octanol–water partition coefficient (Wildman–Crippen LogP) is 3.54. The van der Waals surface area contributed by atoms with Crippen LogP contribution in [0, 0.1) is 0 Å². The molecule has 0 saturated carbocycles. The van der Waals surface area contributed by atoms with Crippen molar-refractivity contribution in [1.29, 1.82) is 0 Å². The lowest BCUT2D eigenvalue weighted by Crippen LogP contribution is -2.12. The molecule has 0 aliphatic rings. The number of benzene rings is 1. The maximum absolute atomic E-state index is 12.6. The van der Waals surface area contributed by atoms with Crippen LogP contribution in [-0.2, 0) is 0 Å². The van der Waals surface area contributed by atoms with Gasteiger partial charge < -0.3 is 14.8 Å². The first-order chi connectivity index (χ1) is 11.2. The third-order valence-electron chi connectivity index (χ3n) is 3.11. The fraction of sp³-hybridized carbons (Fsp3) is 0.133. The maximum Gasteiger partial charge on any atom is 0.269 e. The molecule has 3 rings (SSSR count). The summed E-state index contributed by atoms with van der Waals surface area (Å²) in [5, 5.41) is 8.82. The average Bonchev–Trinajstić information content (AvgIpc) is 3.25. The zero-order valence-electron chi connectivity index (χ0n) is 12.4. The van der Waals surface area contributed by atoms with Crippen molar-refractivity contribution in [2.45, 2.75) is 0 Å². The Morgan fingerprint density at radius 3 is 2.78 bits per heavy atom. The van der Waals surface area contributed by atoms with Crippen molar-refractivity contribution >= 4 is 34.5 Å². The highest BCUT2D eigenvalue weighted by atomic mass is 32.1. The first-order valence-electron chi connectivity index (χ1n) is 6.62. The summed E-state index contributed by atoms with van der Waals surface area (Å²) in [6.45, 7) is 0. The minimum absolute atomic E-state index is 0.271. The second-order valence-electron chi connectivity index (χ2n) is 4.45. The van der Waals surface area contributed by atoms with E-state index in [1.54, 1.807) is 25.3 Å². The van der Waals surface area contributed by atoms with Gasteiger partial charge in [-0.05, 0) is 35.1 Å². The Labute approximate surface area is 140 Å². The summed E-state index contributed by atoms with van der Waals surface area (Å²) < 4.78 is 14.3. The summed E-state index contributed by atoms with van der Waals surface area (Å²) in [6, 6.07) is 9.01. The van der Waals surface area contributed by atoms with Gasteiger partial charge in [-0.15, -0.1) is 16.4 Å². The molecule has 8 heteroatoms. The number of amides is 1. The fourth-order valence-electron chi connectivity index (χ4n) is 2.00. The molecule has 0 aliphatic heterocycles. The molecule has 0 saturated heterocycles. The minimum Gasteiger partial charge on any atom is -0.497 e. The Bertz CT molecular complexity index is 815. The normalized spacial score (nSPS) is 10.3. The van der Waals surface area contributed by atoms with Crippen LogP contribution in [0.4, 0.5) is 5.69 Å². The van der Waals surface area contributed by atoms with Crippen LogP contribution in [0.3, 0.4) is 0 Å². The van der Waals surface area contributed by atoms with Crippen molar-refractivity contribution in [3.63, 3.8) is 0 Å². The first-order valence-corrected chi connectivity index (χ1v) is 8.28. The van der Waals surface area contributed by atoms with Crippen molar-refractivity contribution in [2.24, 2.45) is 0 Å². The predicted molar refractivity (Wildman–Crippen MR) is 90.7 cm³/mol. The topological polar surface area (TPSA) is 73.3 Å². The number of anilines is 1. The molecule has 0 aliphatic carbocycles. The van der Waals surface area contributed by atoms with Crippen LogP contribution in [0.1, 0.15) is 9.67 Å². The molecule has 0 spiro atoms. The largest absolute Gasteiger partial charge is 0.497 e. The molecular weight excluding hydrogens is 334 g/mol. The number of thiophene rings is 1. The third-order valence-corrected chi connectivity index (χ3v) is 4.71. The van der Waals surface area contributed by atoms with Crippen LogP contribution in [-0.4, -0.2) is 29.7 Å². The second-order valence-corrected chi connectivity index (χ2v) is 6.15. The molecule has 1 aromatic carbocycles. The lowest BCUT2D eigenvalue weighted by Gasteiger charge is -2.11. The number of carbonyl (C=O) groups excluding carboxylic acids is 1. The third kappa shape index (κ3) is 3.17. The van der Waals surface area contributed by atoms with Gasteiger partial charge in [-0.2, -0.15) is 0 Å². The Balaban J connectivity index is 1.87. The van der Waals surface area contributed by atoms with Gasteiger partial charge >= 0.3 is 0 Å². The van der Waals surface area contributed by atoms with E-state index >= 15 is 0 Å². The molecule has 23 heavy (non-hydrogen) atoms. The van der Waals surface area contributed by atoms with Gasteiger partial charge in [0, 0.05) is 6.07 Å². The van der Waals surface area contributed by atoms with Gasteiger partial charge in [0.15, 0.2) is 0 Å². The van der Waals surface area contributed by atoms with Crippen LogP contribution in [0.5, 0.6) is 11.5 Å². The molecule has 2 aromatic heterocycles. The fourth-order valence-corrected chi connectivity index (χ4v) is 3.35. The lowest BCUT2D eigenvalue weighted by molar-refractivity contribution is 0.103. The summed E-state index contributed by atoms with van der Waals surface area (Å²) in [4.78, 5) is 13.9. The Morgan fingerprint density at radius 2 is 2.09 bits per heavy atom. The summed E-state index contributed by atoms with van der Waals surface area (Å²) in [7, 11) is 3.11. The zero-order valence-corrected chi connectivity index (χ0v) is 14.0. The van der Waals surface area contributed by atoms with E-state index < -0.39 is 0 Å². The molecule has 0 radical (unpaired) electrons. The van der Waals surface area contributed by atoms with Crippen molar-refractivity contribution in [3.05, 3.63) is 40.6 Å². The molecular formula is C15H13N3O3S2. The highest BCUT2D eigenvalue weighted by Gasteiger charge is 2.20. The van der Waals surface area contributed by atoms with Crippen LogP contribution in [0.15, 0.2) is 35.7 Å². The zero-order chi connectivity index (χ0) is 16.2. The Morgan fingerprint density at radius 1 is 1.22 bits per heavy atom. The van der Waals surface area contributed by atoms with Crippen molar-refractivity contribution in [2.75, 3.05) is 19.5 Å². The van der Waals surface area contributed by atoms with Crippen LogP contribution in [0.2, 0.25) is 0 Å². The summed E-state index contributed by atoms with van der Waals surface area (Å²) in [6.07, 6.45) is 0. The minimum atomic E-state index is -0.271. The van der Waals surface area contributed by atoms with Crippen molar-refractivity contribution in [1.82, 2.24) is 9.59 Å². The number of nitrogens with one attached hydrogen (secondary N) is 1. The van der Waals surface area contributed by atoms with Gasteiger partial charge in [0.1, 0.15) is 22.1 Å². The van der Waals surface area contributed by atoms with Gasteiger partial charge in [-0.25, -0.2) is 0 Å². The molecule has 3 aromatic rings. The van der Waals surface area contributed by atoms with Gasteiger partial charge in [0.2, 0.25) is 0 Å². The number of hydrogen-bond acceptors (Lipinski definition) is 7. The first kappa shape index (κ1) is 15.4. The van der Waals surface area contributed by atoms with Crippen LogP contribution >= 0.6 is 22.9 Å². The molecule has 118 valence electrons. The molecule has 1 amide bonds. The second kappa shape index (κ2) is 6.76. The highest BCUT2D eigenvalue weighted by molar-refractivity contribution is 7.14. The molecule has 1 N–H and O–H groups in total. The van der Waals surface area contributed by atoms with E-state index in [0.29, 0.717) is 27.8 Å². The Hall–Kier alpha value is -2.45. The number of hydrogen-bond donors (Lipinski definition) is 1. The summed E-state index contributed by atoms with van der Waals surface area (Å²) in [5.74, 6) is 0.901. The Kier molecular flexibility index (Phi) is 4.54. The molecule has 0 fully saturated rings. The molecule has 0 unspecified atom stereocenters. The molecule has 0 atom stereocenters. The smallest absolute Gasteiger partial charge is 0.269 e. The van der Waals surface area contributed by atoms with E-state index in [1.165, 1.54) is 18.4 Å². The monoisotopic (exact) mass is 347 g/mol. The van der Waals surface area contributed by atoms with E-state index in [-0.39, 0.29) is 5.91 Å². The molecule has 0 bridgehead atoms. The number of rotatable bonds is 5. The quantitative estimate of drug-likeness (QED) is 0.764. The van der Waals surface area contributed by atoms with Gasteiger partial charge in [0.05, 0.1) is 24.8 Å². The average molecular weight is 347 g/mol. The van der Waals surface area contributed by atoms with Gasteiger partial charge in [-0.1, -0.05) is 10.6 Å². The van der Waals surface area contributed by atoms with E-state index in [2.05, 4.69) is 14.9 Å². The number of carbonyl (C=O) groups is 1. The van der Waals surface area contributed by atoms with E-state index in [0.717, 1.165) is 16.4 Å². The van der Waals surface area contributed by atoms with Crippen LogP contribution < -0.4 is 14.8 Å². The van der Waals surface area contributed by atoms with E-state index in [4.69, 9.17) is 9.47 Å². The van der Waals surface area contributed by atoms with Gasteiger partial charge in [-0.3, -0.25) is 4.79 Å². The van der Waals surface area contributed by atoms with Crippen molar-refractivity contribution < 1.29 is 14.3 Å². The SMILES string of the molecule is COc1ccc(NC(=O)c2snnc2-c2cccs2)c(OC)c1. The summed E-state index contributed by atoms with van der Waals surface area (Å²) >= 11 is 2.58. The van der Waals surface area contributed by atoms with E-state index in [1.807, 2.05) is 17.5 Å². The number of nitrogens with zero attached hydrogens (tertiary/aromatic N) is 2. The van der Waals surface area contributed by atoms with Crippen LogP contribution in [0.25, 0.3) is 10.6 Å². The molecule has 2 heterocycles. The molecule has 6 nitrogen and oxygen atoms in total. The summed E-state index contributed by atoms with van der Waals surface area (Å²) in [5.41, 5.74) is 1.15. The van der Waals surface area contributed by atoms with Gasteiger partial charge in [0.25, 0.3) is 5.91 Å². The number of methoxy groups -OCH3 is 2. The number of ether oxygens (including phenoxy) is 2.